The van der Waals surface area contributed by atoms with E-state index >= 15 is 0 Å². The van der Waals surface area contributed by atoms with Gasteiger partial charge in [0.05, 0.1) is 0 Å². The zero-order valence-corrected chi connectivity index (χ0v) is 8.05. The molecule has 0 aliphatic heterocycles. The summed E-state index contributed by atoms with van der Waals surface area (Å²) in [5, 5.41) is 0. The Morgan fingerprint density at radius 3 is 2.36 bits per heavy atom. The van der Waals surface area contributed by atoms with E-state index in [1.807, 2.05) is 0 Å². The first-order valence-electron chi connectivity index (χ1n) is 4.23. The molecule has 0 atom stereocenters. The SMILES string of the molecule is CC(=O)CCCN(C)C(C)C. The fourth-order valence-electron chi connectivity index (χ4n) is 0.836. The molecule has 0 rings (SSSR count). The van der Waals surface area contributed by atoms with Crippen molar-refractivity contribution < 1.29 is 4.79 Å². The first-order valence-corrected chi connectivity index (χ1v) is 4.23. The summed E-state index contributed by atoms with van der Waals surface area (Å²) in [6, 6.07) is 0.585. The predicted molar refractivity (Wildman–Crippen MR) is 47.7 cm³/mol. The molecule has 0 unspecified atom stereocenters. The van der Waals surface area contributed by atoms with Gasteiger partial charge in [-0.05, 0) is 40.8 Å². The monoisotopic (exact) mass is 157 g/mol. The summed E-state index contributed by atoms with van der Waals surface area (Å²) >= 11 is 0. The number of carbonyl (C=O) groups is 1. The Kier molecular flexibility index (Phi) is 5.12. The highest BCUT2D eigenvalue weighted by Gasteiger charge is 2.02. The molecular formula is C9H19NO. The molecule has 0 fully saturated rings. The minimum absolute atomic E-state index is 0.294. The second kappa shape index (κ2) is 5.30. The van der Waals surface area contributed by atoms with E-state index in [1.165, 1.54) is 0 Å². The van der Waals surface area contributed by atoms with Gasteiger partial charge >= 0.3 is 0 Å². The van der Waals surface area contributed by atoms with Crippen LogP contribution in [-0.2, 0) is 4.79 Å². The smallest absolute Gasteiger partial charge is 0.129 e. The average Bonchev–Trinajstić information content (AvgIpc) is 1.86. The van der Waals surface area contributed by atoms with Crippen molar-refractivity contribution >= 4 is 5.78 Å². The third kappa shape index (κ3) is 6.05. The van der Waals surface area contributed by atoms with E-state index in [1.54, 1.807) is 6.92 Å². The van der Waals surface area contributed by atoms with E-state index in [0.717, 1.165) is 19.4 Å². The lowest BCUT2D eigenvalue weighted by Gasteiger charge is -2.20. The van der Waals surface area contributed by atoms with E-state index in [2.05, 4.69) is 25.8 Å². The topological polar surface area (TPSA) is 20.3 Å². The van der Waals surface area contributed by atoms with Crippen molar-refractivity contribution in [1.29, 1.82) is 0 Å². The Hall–Kier alpha value is -0.370. The molecule has 0 amide bonds. The maximum Gasteiger partial charge on any atom is 0.129 e. The summed E-state index contributed by atoms with van der Waals surface area (Å²) in [6.45, 7) is 6.99. The van der Waals surface area contributed by atoms with Gasteiger partial charge in [0.1, 0.15) is 5.78 Å². The fourth-order valence-corrected chi connectivity index (χ4v) is 0.836. The van der Waals surface area contributed by atoms with E-state index in [9.17, 15) is 4.79 Å². The van der Waals surface area contributed by atoms with Gasteiger partial charge in [0, 0.05) is 12.5 Å². The lowest BCUT2D eigenvalue weighted by Crippen LogP contribution is -2.27. The molecule has 0 aromatic heterocycles. The molecule has 2 heteroatoms. The third-order valence-electron chi connectivity index (χ3n) is 1.92. The number of ketones is 1. The molecule has 2 nitrogen and oxygen atoms in total. The maximum atomic E-state index is 10.6. The van der Waals surface area contributed by atoms with Crippen LogP contribution in [0, 0.1) is 0 Å². The number of rotatable bonds is 5. The van der Waals surface area contributed by atoms with Crippen molar-refractivity contribution in [2.45, 2.75) is 39.7 Å². The Morgan fingerprint density at radius 2 is 2.00 bits per heavy atom. The van der Waals surface area contributed by atoms with E-state index in [4.69, 9.17) is 0 Å². The van der Waals surface area contributed by atoms with Crippen LogP contribution in [0.15, 0.2) is 0 Å². The average molecular weight is 157 g/mol. The van der Waals surface area contributed by atoms with Crippen molar-refractivity contribution in [3.63, 3.8) is 0 Å². The zero-order valence-electron chi connectivity index (χ0n) is 8.05. The molecule has 0 aliphatic carbocycles. The second-order valence-corrected chi connectivity index (χ2v) is 3.38. The van der Waals surface area contributed by atoms with Gasteiger partial charge in [-0.2, -0.15) is 0 Å². The largest absolute Gasteiger partial charge is 0.304 e. The van der Waals surface area contributed by atoms with Crippen LogP contribution in [-0.4, -0.2) is 30.3 Å². The van der Waals surface area contributed by atoms with Crippen molar-refractivity contribution in [2.24, 2.45) is 0 Å². The van der Waals surface area contributed by atoms with E-state index in [-0.39, 0.29) is 0 Å². The summed E-state index contributed by atoms with van der Waals surface area (Å²) in [5.41, 5.74) is 0. The predicted octanol–water partition coefficient (Wildman–Crippen LogP) is 1.70. The summed E-state index contributed by atoms with van der Waals surface area (Å²) in [5.74, 6) is 0.294. The number of Topliss-reactive ketones (excluding diaryl/α,β-unsaturated/α-hetero) is 1. The van der Waals surface area contributed by atoms with Gasteiger partial charge in [-0.25, -0.2) is 0 Å². The highest BCUT2D eigenvalue weighted by Crippen LogP contribution is 1.97. The third-order valence-corrected chi connectivity index (χ3v) is 1.92. The molecule has 0 heterocycles. The number of hydrogen-bond acceptors (Lipinski definition) is 2. The maximum absolute atomic E-state index is 10.6. The van der Waals surface area contributed by atoms with E-state index < -0.39 is 0 Å². The minimum atomic E-state index is 0.294. The molecule has 0 saturated heterocycles. The molecule has 0 N–H and O–H groups in total. The van der Waals surface area contributed by atoms with Crippen LogP contribution in [0.3, 0.4) is 0 Å². The van der Waals surface area contributed by atoms with Gasteiger partial charge in [-0.15, -0.1) is 0 Å². The van der Waals surface area contributed by atoms with Gasteiger partial charge in [0.15, 0.2) is 0 Å². The van der Waals surface area contributed by atoms with Crippen LogP contribution in [0.4, 0.5) is 0 Å². The molecule has 0 radical (unpaired) electrons. The lowest BCUT2D eigenvalue weighted by molar-refractivity contribution is -0.117. The first kappa shape index (κ1) is 10.6. The molecule has 0 aromatic carbocycles. The standard InChI is InChI=1S/C9H19NO/c1-8(2)10(4)7-5-6-9(3)11/h8H,5-7H2,1-4H3. The lowest BCUT2D eigenvalue weighted by atomic mass is 10.2. The van der Waals surface area contributed by atoms with Gasteiger partial charge in [0.2, 0.25) is 0 Å². The Bertz CT molecular complexity index is 121. The van der Waals surface area contributed by atoms with Crippen molar-refractivity contribution in [3.8, 4) is 0 Å². The summed E-state index contributed by atoms with van der Waals surface area (Å²) in [7, 11) is 2.09. The van der Waals surface area contributed by atoms with Crippen molar-refractivity contribution in [1.82, 2.24) is 4.90 Å². The normalized spacial score (nSPS) is 11.1. The minimum Gasteiger partial charge on any atom is -0.304 e. The molecule has 0 aliphatic rings. The Morgan fingerprint density at radius 1 is 1.45 bits per heavy atom. The number of nitrogens with zero attached hydrogens (tertiary/aromatic N) is 1. The fraction of sp³-hybridized carbons (Fsp3) is 0.889. The van der Waals surface area contributed by atoms with Crippen LogP contribution in [0.5, 0.6) is 0 Å². The summed E-state index contributed by atoms with van der Waals surface area (Å²) in [4.78, 5) is 12.8. The Balaban J connectivity index is 3.31. The molecule has 66 valence electrons. The van der Waals surface area contributed by atoms with Crippen molar-refractivity contribution in [2.75, 3.05) is 13.6 Å². The number of hydrogen-bond donors (Lipinski definition) is 0. The highest BCUT2D eigenvalue weighted by atomic mass is 16.1. The van der Waals surface area contributed by atoms with Crippen LogP contribution in [0.1, 0.15) is 33.6 Å². The van der Waals surface area contributed by atoms with E-state index in [0.29, 0.717) is 11.8 Å². The molecule has 0 bridgehead atoms. The van der Waals surface area contributed by atoms with Gasteiger partial charge < -0.3 is 9.69 Å². The summed E-state index contributed by atoms with van der Waals surface area (Å²) in [6.07, 6.45) is 1.71. The van der Waals surface area contributed by atoms with Crippen molar-refractivity contribution in [3.05, 3.63) is 0 Å². The molecule has 0 saturated carbocycles. The highest BCUT2D eigenvalue weighted by molar-refractivity contribution is 5.75. The van der Waals surface area contributed by atoms with Gasteiger partial charge in [0.25, 0.3) is 0 Å². The van der Waals surface area contributed by atoms with Crippen LogP contribution in [0.25, 0.3) is 0 Å². The molecular weight excluding hydrogens is 138 g/mol. The quantitative estimate of drug-likeness (QED) is 0.605. The zero-order chi connectivity index (χ0) is 8.85. The van der Waals surface area contributed by atoms with Gasteiger partial charge in [-0.3, -0.25) is 0 Å². The van der Waals surface area contributed by atoms with Gasteiger partial charge in [-0.1, -0.05) is 0 Å². The van der Waals surface area contributed by atoms with Crippen LogP contribution >= 0.6 is 0 Å². The number of carbonyl (C=O) groups excluding carboxylic acids is 1. The molecule has 11 heavy (non-hydrogen) atoms. The second-order valence-electron chi connectivity index (χ2n) is 3.38. The van der Waals surface area contributed by atoms with Crippen LogP contribution < -0.4 is 0 Å². The Labute approximate surface area is 69.6 Å². The molecule has 0 aromatic rings. The van der Waals surface area contributed by atoms with Crippen LogP contribution in [0.2, 0.25) is 0 Å². The molecule has 0 spiro atoms. The first-order chi connectivity index (χ1) is 5.04. The summed E-state index contributed by atoms with van der Waals surface area (Å²) < 4.78 is 0.